The van der Waals surface area contributed by atoms with Gasteiger partial charge in [0.2, 0.25) is 10.0 Å². The Morgan fingerprint density at radius 3 is 2.42 bits per heavy atom. The van der Waals surface area contributed by atoms with Gasteiger partial charge in [-0.2, -0.15) is 0 Å². The van der Waals surface area contributed by atoms with Crippen molar-refractivity contribution in [3.63, 3.8) is 0 Å². The highest BCUT2D eigenvalue weighted by atomic mass is 32.2. The van der Waals surface area contributed by atoms with Crippen molar-refractivity contribution in [2.24, 2.45) is 5.14 Å². The first-order valence-corrected chi connectivity index (χ1v) is 9.67. The van der Waals surface area contributed by atoms with E-state index in [1.54, 1.807) is 6.20 Å². The largest absolute Gasteiger partial charge is 0.378 e. The van der Waals surface area contributed by atoms with Crippen LogP contribution in [0.3, 0.4) is 0 Å². The van der Waals surface area contributed by atoms with Crippen molar-refractivity contribution in [3.05, 3.63) is 53.7 Å². The molecule has 0 saturated carbocycles. The predicted octanol–water partition coefficient (Wildman–Crippen LogP) is 0.496. The summed E-state index contributed by atoms with van der Waals surface area (Å²) in [5, 5.41) is 7.82. The van der Waals surface area contributed by atoms with E-state index in [-0.39, 0.29) is 10.8 Å². The number of primary sulfonamides is 1. The predicted molar refractivity (Wildman–Crippen MR) is 96.3 cm³/mol. The third-order valence-electron chi connectivity index (χ3n) is 4.04. The molecule has 1 amide bonds. The summed E-state index contributed by atoms with van der Waals surface area (Å²) >= 11 is 0. The van der Waals surface area contributed by atoms with Crippen molar-refractivity contribution >= 4 is 21.7 Å². The van der Waals surface area contributed by atoms with E-state index in [1.807, 2.05) is 12.1 Å². The number of rotatable bonds is 5. The Labute approximate surface area is 152 Å². The minimum Gasteiger partial charge on any atom is -0.378 e. The van der Waals surface area contributed by atoms with Gasteiger partial charge in [-0.25, -0.2) is 18.5 Å². The number of benzene rings is 1. The van der Waals surface area contributed by atoms with Crippen LogP contribution >= 0.6 is 0 Å². The Morgan fingerprint density at radius 1 is 1.15 bits per heavy atom. The summed E-state index contributed by atoms with van der Waals surface area (Å²) in [7, 11) is -3.77. The number of hydrogen-bond donors (Lipinski definition) is 2. The summed E-state index contributed by atoms with van der Waals surface area (Å²) in [6.07, 6.45) is 1.73. The van der Waals surface area contributed by atoms with Crippen LogP contribution in [0.1, 0.15) is 15.9 Å². The van der Waals surface area contributed by atoms with Gasteiger partial charge in [-0.15, -0.1) is 0 Å². The lowest BCUT2D eigenvalue weighted by molar-refractivity contribution is 0.0950. The molecule has 0 aliphatic carbocycles. The standard InChI is InChI=1S/C17H20N4O4S/c18-26(23,24)15-4-2-14(3-5-15)17(22)20-12-13-1-6-16(19-11-13)21-7-9-25-10-8-21/h1-6,11H,7-10,12H2,(H,20,22)(H2,18,23,24). The van der Waals surface area contributed by atoms with E-state index in [0.717, 1.165) is 24.5 Å². The molecule has 0 radical (unpaired) electrons. The van der Waals surface area contributed by atoms with Gasteiger partial charge in [0, 0.05) is 31.4 Å². The van der Waals surface area contributed by atoms with Crippen molar-refractivity contribution in [1.29, 1.82) is 0 Å². The molecule has 1 aromatic carbocycles. The third kappa shape index (κ3) is 4.57. The van der Waals surface area contributed by atoms with Crippen LogP contribution in [0.15, 0.2) is 47.5 Å². The Balaban J connectivity index is 1.57. The monoisotopic (exact) mass is 376 g/mol. The molecule has 0 bridgehead atoms. The molecule has 3 N–H and O–H groups in total. The maximum absolute atomic E-state index is 12.2. The van der Waals surface area contributed by atoms with E-state index in [2.05, 4.69) is 15.2 Å². The maximum Gasteiger partial charge on any atom is 0.251 e. The second kappa shape index (κ2) is 7.81. The average molecular weight is 376 g/mol. The third-order valence-corrected chi connectivity index (χ3v) is 4.97. The van der Waals surface area contributed by atoms with E-state index in [4.69, 9.17) is 9.88 Å². The maximum atomic E-state index is 12.2. The van der Waals surface area contributed by atoms with Crippen molar-refractivity contribution in [1.82, 2.24) is 10.3 Å². The van der Waals surface area contributed by atoms with Gasteiger partial charge in [0.25, 0.3) is 5.91 Å². The molecule has 3 rings (SSSR count). The molecular formula is C17H20N4O4S. The number of morpholine rings is 1. The second-order valence-corrected chi connectivity index (χ2v) is 7.44. The molecule has 0 unspecified atom stereocenters. The number of carbonyl (C=O) groups excluding carboxylic acids is 1. The average Bonchev–Trinajstić information content (AvgIpc) is 2.66. The Morgan fingerprint density at radius 2 is 1.85 bits per heavy atom. The number of amides is 1. The molecule has 1 aliphatic rings. The molecule has 1 aliphatic heterocycles. The lowest BCUT2D eigenvalue weighted by Crippen LogP contribution is -2.36. The van der Waals surface area contributed by atoms with Crippen LogP contribution in [0.4, 0.5) is 5.82 Å². The van der Waals surface area contributed by atoms with Gasteiger partial charge in [-0.05, 0) is 35.9 Å². The quantitative estimate of drug-likeness (QED) is 0.785. The summed E-state index contributed by atoms with van der Waals surface area (Å²) in [4.78, 5) is 18.7. The highest BCUT2D eigenvalue weighted by Crippen LogP contribution is 2.13. The van der Waals surface area contributed by atoms with Gasteiger partial charge in [0.05, 0.1) is 18.1 Å². The Hall–Kier alpha value is -2.49. The fraction of sp³-hybridized carbons (Fsp3) is 0.294. The zero-order valence-corrected chi connectivity index (χ0v) is 14.9. The highest BCUT2D eigenvalue weighted by Gasteiger charge is 2.13. The van der Waals surface area contributed by atoms with E-state index < -0.39 is 10.0 Å². The number of hydrogen-bond acceptors (Lipinski definition) is 6. The fourth-order valence-corrected chi connectivity index (χ4v) is 3.10. The van der Waals surface area contributed by atoms with Crippen LogP contribution in [0.5, 0.6) is 0 Å². The number of pyridine rings is 1. The van der Waals surface area contributed by atoms with Gasteiger partial charge in [0.1, 0.15) is 5.82 Å². The van der Waals surface area contributed by atoms with E-state index in [1.165, 1.54) is 24.3 Å². The second-order valence-electron chi connectivity index (χ2n) is 5.88. The lowest BCUT2D eigenvalue weighted by Gasteiger charge is -2.27. The molecule has 2 aromatic rings. The lowest BCUT2D eigenvalue weighted by atomic mass is 10.2. The number of nitrogens with one attached hydrogen (secondary N) is 1. The van der Waals surface area contributed by atoms with Crippen LogP contribution < -0.4 is 15.4 Å². The van der Waals surface area contributed by atoms with Crippen molar-refractivity contribution < 1.29 is 17.9 Å². The number of ether oxygens (including phenoxy) is 1. The van der Waals surface area contributed by atoms with Crippen LogP contribution in [-0.2, 0) is 21.3 Å². The molecule has 1 aromatic heterocycles. The molecule has 0 atom stereocenters. The number of sulfonamides is 1. The van der Waals surface area contributed by atoms with Crippen molar-refractivity contribution in [2.75, 3.05) is 31.2 Å². The van der Waals surface area contributed by atoms with Gasteiger partial charge in [-0.3, -0.25) is 4.79 Å². The zero-order valence-electron chi connectivity index (χ0n) is 14.1. The Kier molecular flexibility index (Phi) is 5.50. The zero-order chi connectivity index (χ0) is 18.6. The first-order chi connectivity index (χ1) is 12.4. The molecule has 1 fully saturated rings. The summed E-state index contributed by atoms with van der Waals surface area (Å²) in [6, 6.07) is 9.31. The first-order valence-electron chi connectivity index (χ1n) is 8.12. The molecular weight excluding hydrogens is 356 g/mol. The molecule has 0 spiro atoms. The van der Waals surface area contributed by atoms with Crippen LogP contribution in [0.25, 0.3) is 0 Å². The first kappa shape index (κ1) is 18.3. The number of nitrogens with zero attached hydrogens (tertiary/aromatic N) is 2. The summed E-state index contributed by atoms with van der Waals surface area (Å²) < 4.78 is 27.8. The van der Waals surface area contributed by atoms with E-state index in [9.17, 15) is 13.2 Å². The van der Waals surface area contributed by atoms with Crippen molar-refractivity contribution in [3.8, 4) is 0 Å². The number of aromatic nitrogens is 1. The van der Waals surface area contributed by atoms with Gasteiger partial charge < -0.3 is 15.0 Å². The van der Waals surface area contributed by atoms with E-state index >= 15 is 0 Å². The fourth-order valence-electron chi connectivity index (χ4n) is 2.58. The molecule has 8 nitrogen and oxygen atoms in total. The van der Waals surface area contributed by atoms with Gasteiger partial charge in [-0.1, -0.05) is 6.07 Å². The van der Waals surface area contributed by atoms with Crippen LogP contribution in [-0.4, -0.2) is 45.6 Å². The topological polar surface area (TPSA) is 115 Å². The van der Waals surface area contributed by atoms with Gasteiger partial charge >= 0.3 is 0 Å². The molecule has 1 saturated heterocycles. The minimum absolute atomic E-state index is 0.0306. The molecule has 26 heavy (non-hydrogen) atoms. The van der Waals surface area contributed by atoms with Gasteiger partial charge in [0.15, 0.2) is 0 Å². The van der Waals surface area contributed by atoms with E-state index in [0.29, 0.717) is 25.3 Å². The van der Waals surface area contributed by atoms with Crippen molar-refractivity contribution in [2.45, 2.75) is 11.4 Å². The number of carbonyl (C=O) groups is 1. The Bertz CT molecular complexity index is 861. The normalized spacial score (nSPS) is 14.9. The smallest absolute Gasteiger partial charge is 0.251 e. The minimum atomic E-state index is -3.77. The summed E-state index contributed by atoms with van der Waals surface area (Å²) in [5.41, 5.74) is 1.23. The number of nitrogens with two attached hydrogens (primary N) is 1. The number of anilines is 1. The SMILES string of the molecule is NS(=O)(=O)c1ccc(C(=O)NCc2ccc(N3CCOCC3)nc2)cc1. The van der Waals surface area contributed by atoms with Crippen LogP contribution in [0.2, 0.25) is 0 Å². The summed E-state index contributed by atoms with van der Waals surface area (Å²) in [6.45, 7) is 3.36. The highest BCUT2D eigenvalue weighted by molar-refractivity contribution is 7.89. The van der Waals surface area contributed by atoms with Crippen LogP contribution in [0, 0.1) is 0 Å². The molecule has 2 heterocycles. The summed E-state index contributed by atoms with van der Waals surface area (Å²) in [5.74, 6) is 0.588. The molecule has 9 heteroatoms. The molecule has 138 valence electrons.